The van der Waals surface area contributed by atoms with Crippen LogP contribution in [0, 0.1) is 0 Å². The monoisotopic (exact) mass is 312 g/mol. The summed E-state index contributed by atoms with van der Waals surface area (Å²) in [5.41, 5.74) is 0.125. The standard InChI is InChI=1S/C8H6BrClO4S/c1-14-8(11)5-2-3-6(9)7(4-5)15(10,12)13/h2-4H,1H3. The molecule has 1 aromatic rings. The Bertz CT molecular complexity index is 497. The van der Waals surface area contributed by atoms with Crippen LogP contribution in [0.15, 0.2) is 27.6 Å². The van der Waals surface area contributed by atoms with Crippen LogP contribution in [-0.2, 0) is 13.8 Å². The number of halogens is 2. The topological polar surface area (TPSA) is 60.4 Å². The van der Waals surface area contributed by atoms with E-state index in [4.69, 9.17) is 10.7 Å². The van der Waals surface area contributed by atoms with Crippen molar-refractivity contribution in [3.05, 3.63) is 28.2 Å². The number of hydrogen-bond acceptors (Lipinski definition) is 4. The minimum Gasteiger partial charge on any atom is -0.465 e. The lowest BCUT2D eigenvalue weighted by Crippen LogP contribution is -2.03. The Kier molecular flexibility index (Phi) is 3.75. The first kappa shape index (κ1) is 12.5. The van der Waals surface area contributed by atoms with E-state index < -0.39 is 15.0 Å². The van der Waals surface area contributed by atoms with E-state index in [-0.39, 0.29) is 10.5 Å². The van der Waals surface area contributed by atoms with Gasteiger partial charge in [0.25, 0.3) is 9.05 Å². The highest BCUT2D eigenvalue weighted by molar-refractivity contribution is 9.10. The molecule has 0 saturated heterocycles. The first-order chi connectivity index (χ1) is 6.86. The molecule has 0 N–H and O–H groups in total. The third-order valence-electron chi connectivity index (χ3n) is 1.61. The highest BCUT2D eigenvalue weighted by Gasteiger charge is 2.17. The number of ether oxygens (including phenoxy) is 1. The van der Waals surface area contributed by atoms with Crippen molar-refractivity contribution in [3.8, 4) is 0 Å². The lowest BCUT2D eigenvalue weighted by Gasteiger charge is -2.03. The lowest BCUT2D eigenvalue weighted by atomic mass is 10.2. The van der Waals surface area contributed by atoms with Gasteiger partial charge in [-0.25, -0.2) is 13.2 Å². The van der Waals surface area contributed by atoms with Crippen molar-refractivity contribution in [1.29, 1.82) is 0 Å². The Hall–Kier alpha value is -0.590. The molecule has 0 bridgehead atoms. The Labute approximate surface area is 99.7 Å². The molecule has 0 radical (unpaired) electrons. The summed E-state index contributed by atoms with van der Waals surface area (Å²) in [6, 6.07) is 4.00. The first-order valence-electron chi connectivity index (χ1n) is 3.69. The fourth-order valence-corrected chi connectivity index (χ4v) is 3.05. The summed E-state index contributed by atoms with van der Waals surface area (Å²) in [6.07, 6.45) is 0. The SMILES string of the molecule is COC(=O)c1ccc(Br)c(S(=O)(=O)Cl)c1. The number of rotatable bonds is 2. The number of hydrogen-bond donors (Lipinski definition) is 0. The van der Waals surface area contributed by atoms with E-state index in [0.717, 1.165) is 6.07 Å². The van der Waals surface area contributed by atoms with Gasteiger partial charge < -0.3 is 4.74 Å². The van der Waals surface area contributed by atoms with Crippen LogP contribution in [0.2, 0.25) is 0 Å². The fourth-order valence-electron chi connectivity index (χ4n) is 0.935. The zero-order valence-electron chi connectivity index (χ0n) is 7.53. The highest BCUT2D eigenvalue weighted by Crippen LogP contribution is 2.26. The average Bonchev–Trinajstić information content (AvgIpc) is 2.15. The molecule has 0 fully saturated rings. The van der Waals surface area contributed by atoms with Gasteiger partial charge in [-0.3, -0.25) is 0 Å². The zero-order chi connectivity index (χ0) is 11.6. The largest absolute Gasteiger partial charge is 0.465 e. The van der Waals surface area contributed by atoms with E-state index in [0.29, 0.717) is 4.47 Å². The minimum absolute atomic E-state index is 0.125. The summed E-state index contributed by atoms with van der Waals surface area (Å²) in [5.74, 6) is -0.621. The van der Waals surface area contributed by atoms with Crippen molar-refractivity contribution in [2.75, 3.05) is 7.11 Å². The van der Waals surface area contributed by atoms with Gasteiger partial charge in [0.05, 0.1) is 17.6 Å². The lowest BCUT2D eigenvalue weighted by molar-refractivity contribution is 0.0600. The van der Waals surface area contributed by atoms with Crippen molar-refractivity contribution in [1.82, 2.24) is 0 Å². The summed E-state index contributed by atoms with van der Waals surface area (Å²) in [6.45, 7) is 0. The molecular formula is C8H6BrClO4S. The molecule has 15 heavy (non-hydrogen) atoms. The molecule has 7 heteroatoms. The Morgan fingerprint density at radius 2 is 2.07 bits per heavy atom. The molecule has 0 atom stereocenters. The van der Waals surface area contributed by atoms with Crippen LogP contribution >= 0.6 is 26.6 Å². The second-order valence-corrected chi connectivity index (χ2v) is 5.96. The molecule has 0 aliphatic rings. The molecule has 1 rings (SSSR count). The Balaban J connectivity index is 3.36. The number of methoxy groups -OCH3 is 1. The van der Waals surface area contributed by atoms with Crippen molar-refractivity contribution >= 4 is 41.6 Å². The quantitative estimate of drug-likeness (QED) is 0.620. The Morgan fingerprint density at radius 3 is 2.53 bits per heavy atom. The molecular weight excluding hydrogens is 308 g/mol. The summed E-state index contributed by atoms with van der Waals surface area (Å²) in [7, 11) is 2.50. The number of carbonyl (C=O) groups is 1. The third-order valence-corrected chi connectivity index (χ3v) is 3.93. The number of esters is 1. The second kappa shape index (κ2) is 4.51. The maximum Gasteiger partial charge on any atom is 0.337 e. The molecule has 1 aromatic carbocycles. The molecule has 0 unspecified atom stereocenters. The zero-order valence-corrected chi connectivity index (χ0v) is 10.7. The molecule has 0 aliphatic heterocycles. The van der Waals surface area contributed by atoms with E-state index in [9.17, 15) is 13.2 Å². The fraction of sp³-hybridized carbons (Fsp3) is 0.125. The molecule has 0 aromatic heterocycles. The average molecular weight is 314 g/mol. The van der Waals surface area contributed by atoms with Gasteiger partial charge in [-0.2, -0.15) is 0 Å². The van der Waals surface area contributed by atoms with Crippen LogP contribution in [0.3, 0.4) is 0 Å². The van der Waals surface area contributed by atoms with Gasteiger partial charge in [0, 0.05) is 15.2 Å². The van der Waals surface area contributed by atoms with Crippen molar-refractivity contribution in [2.24, 2.45) is 0 Å². The molecule has 82 valence electrons. The summed E-state index contributed by atoms with van der Waals surface area (Å²) in [4.78, 5) is 11.0. The predicted molar refractivity (Wildman–Crippen MR) is 58.5 cm³/mol. The van der Waals surface area contributed by atoms with Crippen molar-refractivity contribution in [2.45, 2.75) is 4.90 Å². The van der Waals surface area contributed by atoms with Gasteiger partial charge in [0.15, 0.2) is 0 Å². The van der Waals surface area contributed by atoms with Crippen LogP contribution in [-0.4, -0.2) is 21.5 Å². The predicted octanol–water partition coefficient (Wildman–Crippen LogP) is 2.16. The van der Waals surface area contributed by atoms with E-state index >= 15 is 0 Å². The molecule has 0 saturated carbocycles. The van der Waals surface area contributed by atoms with Gasteiger partial charge in [0.1, 0.15) is 0 Å². The smallest absolute Gasteiger partial charge is 0.337 e. The Morgan fingerprint density at radius 1 is 1.47 bits per heavy atom. The number of benzene rings is 1. The van der Waals surface area contributed by atoms with Gasteiger partial charge in [-0.15, -0.1) is 0 Å². The van der Waals surface area contributed by atoms with E-state index in [1.54, 1.807) is 0 Å². The van der Waals surface area contributed by atoms with Crippen LogP contribution < -0.4 is 0 Å². The number of carbonyl (C=O) groups excluding carboxylic acids is 1. The third kappa shape index (κ3) is 2.93. The van der Waals surface area contributed by atoms with Gasteiger partial charge in [-0.1, -0.05) is 0 Å². The van der Waals surface area contributed by atoms with Gasteiger partial charge in [-0.05, 0) is 34.1 Å². The van der Waals surface area contributed by atoms with Gasteiger partial charge in [0.2, 0.25) is 0 Å². The first-order valence-corrected chi connectivity index (χ1v) is 6.79. The van der Waals surface area contributed by atoms with Crippen LogP contribution in [0.4, 0.5) is 0 Å². The maximum atomic E-state index is 11.1. The molecule has 4 nitrogen and oxygen atoms in total. The highest BCUT2D eigenvalue weighted by atomic mass is 79.9. The van der Waals surface area contributed by atoms with Crippen molar-refractivity contribution in [3.63, 3.8) is 0 Å². The molecule has 0 spiro atoms. The molecule has 0 amide bonds. The summed E-state index contributed by atoms with van der Waals surface area (Å²) < 4.78 is 26.9. The minimum atomic E-state index is -3.88. The van der Waals surface area contributed by atoms with Gasteiger partial charge >= 0.3 is 5.97 Å². The van der Waals surface area contributed by atoms with Crippen LogP contribution in [0.1, 0.15) is 10.4 Å². The second-order valence-electron chi connectivity index (χ2n) is 2.57. The van der Waals surface area contributed by atoms with Crippen LogP contribution in [0.5, 0.6) is 0 Å². The maximum absolute atomic E-state index is 11.1. The normalized spacial score (nSPS) is 11.1. The molecule has 0 heterocycles. The van der Waals surface area contributed by atoms with E-state index in [1.807, 2.05) is 0 Å². The van der Waals surface area contributed by atoms with E-state index in [1.165, 1.54) is 19.2 Å². The summed E-state index contributed by atoms with van der Waals surface area (Å²) in [5, 5.41) is 0. The van der Waals surface area contributed by atoms with E-state index in [2.05, 4.69) is 20.7 Å². The van der Waals surface area contributed by atoms with Crippen LogP contribution in [0.25, 0.3) is 0 Å². The molecule has 0 aliphatic carbocycles. The van der Waals surface area contributed by atoms with Crippen molar-refractivity contribution < 1.29 is 17.9 Å². The summed E-state index contributed by atoms with van der Waals surface area (Å²) >= 11 is 3.02.